The molecule has 1 saturated carbocycles. The van der Waals surface area contributed by atoms with Gasteiger partial charge in [0.05, 0.1) is 22.7 Å². The van der Waals surface area contributed by atoms with Gasteiger partial charge in [0.25, 0.3) is 5.91 Å². The van der Waals surface area contributed by atoms with E-state index in [2.05, 4.69) is 16.9 Å². The number of nitrogens with one attached hydrogen (secondary N) is 1. The molecule has 0 atom stereocenters. The van der Waals surface area contributed by atoms with Crippen molar-refractivity contribution in [1.82, 2.24) is 9.55 Å². The van der Waals surface area contributed by atoms with Crippen molar-refractivity contribution in [3.8, 4) is 6.07 Å². The smallest absolute Gasteiger partial charge is 0.257 e. The van der Waals surface area contributed by atoms with Crippen LogP contribution >= 0.6 is 0 Å². The number of nitriles is 1. The first-order valence-electron chi connectivity index (χ1n) is 11.2. The summed E-state index contributed by atoms with van der Waals surface area (Å²) in [5.74, 6) is 0.682. The lowest BCUT2D eigenvalue weighted by Crippen LogP contribution is -2.27. The predicted octanol–water partition coefficient (Wildman–Crippen LogP) is 4.89. The number of hydrogen-bond donors (Lipinski definition) is 1. The maximum Gasteiger partial charge on any atom is 0.257 e. The summed E-state index contributed by atoms with van der Waals surface area (Å²) in [6.45, 7) is 4.28. The lowest BCUT2D eigenvalue weighted by Gasteiger charge is -2.19. The number of nitrogens with zero attached hydrogens (tertiary/aromatic N) is 4. The van der Waals surface area contributed by atoms with E-state index in [-0.39, 0.29) is 11.8 Å². The van der Waals surface area contributed by atoms with Gasteiger partial charge in [0, 0.05) is 31.3 Å². The van der Waals surface area contributed by atoms with Crippen LogP contribution < -0.4 is 10.2 Å². The molecule has 2 aromatic carbocycles. The van der Waals surface area contributed by atoms with E-state index >= 15 is 0 Å². The van der Waals surface area contributed by atoms with Crippen molar-refractivity contribution in [2.45, 2.75) is 38.6 Å². The Bertz CT molecular complexity index is 1230. The molecule has 7 heteroatoms. The second-order valence-electron chi connectivity index (χ2n) is 8.46. The SMILES string of the molecule is C=CCn1c(NC(=O)c2ccc(C#N)cc2)nc2cc(N(C)C(=O)CC3CCCC3)ccc21. The molecule has 4 rings (SSSR count). The highest BCUT2D eigenvalue weighted by atomic mass is 16.2. The van der Waals surface area contributed by atoms with E-state index in [1.165, 1.54) is 12.8 Å². The number of imidazole rings is 1. The molecule has 0 radical (unpaired) electrons. The summed E-state index contributed by atoms with van der Waals surface area (Å²) in [6, 6.07) is 14.2. The molecule has 0 saturated heterocycles. The molecule has 0 bridgehead atoms. The Hall–Kier alpha value is -3.92. The summed E-state index contributed by atoms with van der Waals surface area (Å²) in [4.78, 5) is 31.8. The van der Waals surface area contributed by atoms with E-state index in [0.717, 1.165) is 24.0 Å². The van der Waals surface area contributed by atoms with Crippen molar-refractivity contribution in [3.05, 3.63) is 66.2 Å². The molecule has 1 aliphatic carbocycles. The third-order valence-electron chi connectivity index (χ3n) is 6.24. The second kappa shape index (κ2) is 9.70. The Morgan fingerprint density at radius 1 is 1.24 bits per heavy atom. The molecule has 1 N–H and O–H groups in total. The molecule has 1 fully saturated rings. The fourth-order valence-corrected chi connectivity index (χ4v) is 4.35. The number of anilines is 2. The van der Waals surface area contributed by atoms with Crippen molar-refractivity contribution >= 4 is 34.5 Å². The highest BCUT2D eigenvalue weighted by Crippen LogP contribution is 2.30. The molecule has 7 nitrogen and oxygen atoms in total. The zero-order valence-corrected chi connectivity index (χ0v) is 18.8. The van der Waals surface area contributed by atoms with Gasteiger partial charge in [-0.15, -0.1) is 6.58 Å². The van der Waals surface area contributed by atoms with Gasteiger partial charge in [0.1, 0.15) is 0 Å². The van der Waals surface area contributed by atoms with Gasteiger partial charge in [-0.1, -0.05) is 18.9 Å². The average Bonchev–Trinajstić information content (AvgIpc) is 3.46. The van der Waals surface area contributed by atoms with Crippen LogP contribution in [0.2, 0.25) is 0 Å². The number of hydrogen-bond acceptors (Lipinski definition) is 4. The van der Waals surface area contributed by atoms with Gasteiger partial charge >= 0.3 is 0 Å². The molecular weight excluding hydrogens is 414 g/mol. The monoisotopic (exact) mass is 441 g/mol. The van der Waals surface area contributed by atoms with E-state index in [1.807, 2.05) is 28.8 Å². The Labute approximate surface area is 193 Å². The molecule has 0 spiro atoms. The summed E-state index contributed by atoms with van der Waals surface area (Å²) >= 11 is 0. The summed E-state index contributed by atoms with van der Waals surface area (Å²) in [7, 11) is 1.80. The van der Waals surface area contributed by atoms with E-state index in [1.54, 1.807) is 42.3 Å². The standard InChI is InChI=1S/C26H27N5O2/c1-3-14-31-23-13-12-21(30(2)24(32)15-18-6-4-5-7-18)16-22(23)28-26(31)29-25(33)20-10-8-19(17-27)9-11-20/h3,8-13,16,18H,1,4-7,14-15H2,2H3,(H,28,29,33). The van der Waals surface area contributed by atoms with Gasteiger partial charge in [-0.3, -0.25) is 14.9 Å². The van der Waals surface area contributed by atoms with Crippen LogP contribution in [0.15, 0.2) is 55.1 Å². The van der Waals surface area contributed by atoms with Crippen LogP contribution in [-0.4, -0.2) is 28.4 Å². The number of benzene rings is 2. The third-order valence-corrected chi connectivity index (χ3v) is 6.24. The number of allylic oxidation sites excluding steroid dienone is 1. The van der Waals surface area contributed by atoms with Gasteiger partial charge in [0.2, 0.25) is 11.9 Å². The first-order valence-corrected chi connectivity index (χ1v) is 11.2. The first kappa shape index (κ1) is 22.3. The van der Waals surface area contributed by atoms with Gasteiger partial charge in [-0.25, -0.2) is 4.98 Å². The second-order valence-corrected chi connectivity index (χ2v) is 8.46. The Balaban J connectivity index is 1.58. The lowest BCUT2D eigenvalue weighted by atomic mass is 10.0. The number of aromatic nitrogens is 2. The van der Waals surface area contributed by atoms with Crippen LogP contribution in [0.3, 0.4) is 0 Å². The molecular formula is C26H27N5O2. The van der Waals surface area contributed by atoms with Crippen molar-refractivity contribution in [2.24, 2.45) is 5.92 Å². The minimum atomic E-state index is -0.316. The fourth-order valence-electron chi connectivity index (χ4n) is 4.35. The summed E-state index contributed by atoms with van der Waals surface area (Å²) in [5.41, 5.74) is 3.22. The van der Waals surface area contributed by atoms with Crippen LogP contribution in [0, 0.1) is 17.2 Å². The normalized spacial score (nSPS) is 13.6. The molecule has 1 aromatic heterocycles. The lowest BCUT2D eigenvalue weighted by molar-refractivity contribution is -0.119. The van der Waals surface area contributed by atoms with Crippen molar-refractivity contribution < 1.29 is 9.59 Å². The van der Waals surface area contributed by atoms with Crippen molar-refractivity contribution in [2.75, 3.05) is 17.3 Å². The number of amides is 2. The molecule has 2 amide bonds. The Kier molecular flexibility index (Phi) is 6.55. The van der Waals surface area contributed by atoms with E-state index in [4.69, 9.17) is 5.26 Å². The quantitative estimate of drug-likeness (QED) is 0.529. The largest absolute Gasteiger partial charge is 0.315 e. The zero-order chi connectivity index (χ0) is 23.4. The number of carbonyl (C=O) groups excluding carboxylic acids is 2. The highest BCUT2D eigenvalue weighted by molar-refractivity contribution is 6.04. The molecule has 3 aromatic rings. The van der Waals surface area contributed by atoms with Crippen molar-refractivity contribution in [1.29, 1.82) is 5.26 Å². The number of fused-ring (bicyclic) bond motifs is 1. The van der Waals surface area contributed by atoms with Gasteiger partial charge in [0.15, 0.2) is 0 Å². The van der Waals surface area contributed by atoms with Gasteiger partial charge < -0.3 is 9.47 Å². The summed E-state index contributed by atoms with van der Waals surface area (Å²) < 4.78 is 1.87. The molecule has 1 heterocycles. The number of carbonyl (C=O) groups is 2. The molecule has 0 aliphatic heterocycles. The highest BCUT2D eigenvalue weighted by Gasteiger charge is 2.22. The van der Waals surface area contributed by atoms with Crippen molar-refractivity contribution in [3.63, 3.8) is 0 Å². The van der Waals surface area contributed by atoms with E-state index < -0.39 is 0 Å². The molecule has 1 aliphatic rings. The minimum Gasteiger partial charge on any atom is -0.315 e. The van der Waals surface area contributed by atoms with Gasteiger partial charge in [-0.2, -0.15) is 5.26 Å². The minimum absolute atomic E-state index is 0.112. The van der Waals surface area contributed by atoms with Gasteiger partial charge in [-0.05, 0) is 61.2 Å². The van der Waals surface area contributed by atoms with Crippen LogP contribution in [0.5, 0.6) is 0 Å². The fraction of sp³-hybridized carbons (Fsp3) is 0.308. The average molecular weight is 442 g/mol. The Morgan fingerprint density at radius 2 is 1.97 bits per heavy atom. The van der Waals surface area contributed by atoms with Crippen LogP contribution in [0.25, 0.3) is 11.0 Å². The Morgan fingerprint density at radius 3 is 2.64 bits per heavy atom. The summed E-state index contributed by atoms with van der Waals surface area (Å²) in [5, 5.41) is 11.8. The molecule has 0 unspecified atom stereocenters. The molecule has 168 valence electrons. The predicted molar refractivity (Wildman–Crippen MR) is 129 cm³/mol. The first-order chi connectivity index (χ1) is 16.0. The zero-order valence-electron chi connectivity index (χ0n) is 18.8. The van der Waals surface area contributed by atoms with E-state index in [9.17, 15) is 9.59 Å². The van der Waals surface area contributed by atoms with Crippen LogP contribution in [0.1, 0.15) is 48.0 Å². The summed E-state index contributed by atoms with van der Waals surface area (Å²) in [6.07, 6.45) is 7.01. The third kappa shape index (κ3) is 4.80. The van der Waals surface area contributed by atoms with Crippen LogP contribution in [0.4, 0.5) is 11.6 Å². The number of rotatable bonds is 7. The maximum absolute atomic E-state index is 12.8. The van der Waals surface area contributed by atoms with Crippen LogP contribution in [-0.2, 0) is 11.3 Å². The van der Waals surface area contributed by atoms with E-state index in [0.29, 0.717) is 41.5 Å². The topological polar surface area (TPSA) is 91.0 Å². The molecule has 33 heavy (non-hydrogen) atoms. The maximum atomic E-state index is 12.8.